The van der Waals surface area contributed by atoms with Gasteiger partial charge in [0.1, 0.15) is 0 Å². The zero-order valence-corrected chi connectivity index (χ0v) is 14.8. The fourth-order valence-corrected chi connectivity index (χ4v) is 5.21. The molecule has 0 aromatic carbocycles. The van der Waals surface area contributed by atoms with E-state index < -0.39 is 0 Å². The Labute approximate surface area is 145 Å². The van der Waals surface area contributed by atoms with Crippen LogP contribution in [0.4, 0.5) is 0 Å². The molecule has 4 rings (SSSR count). The van der Waals surface area contributed by atoms with E-state index in [9.17, 15) is 4.79 Å². The van der Waals surface area contributed by atoms with Crippen LogP contribution in [0.3, 0.4) is 0 Å². The lowest BCUT2D eigenvalue weighted by molar-refractivity contribution is -0.137. The van der Waals surface area contributed by atoms with Crippen molar-refractivity contribution >= 4 is 5.91 Å². The van der Waals surface area contributed by atoms with E-state index >= 15 is 0 Å². The maximum atomic E-state index is 13.0. The number of nitrogens with zero attached hydrogens (tertiary/aromatic N) is 3. The predicted octanol–water partition coefficient (Wildman–Crippen LogP) is 3.00. The standard InChI is InChI=1S/C20H29N3O/c1-16-6-4-7-17(21-16)14-22-13-10-20(15-22)9-5-8-18(20)19(24)23-11-2-3-12-23/h4,6-7,18H,2-3,5,8-15H2,1H3. The Morgan fingerprint density at radius 2 is 2.04 bits per heavy atom. The number of hydrogen-bond acceptors (Lipinski definition) is 3. The van der Waals surface area contributed by atoms with Gasteiger partial charge in [0.2, 0.25) is 5.91 Å². The summed E-state index contributed by atoms with van der Waals surface area (Å²) in [6.07, 6.45) is 7.12. The van der Waals surface area contributed by atoms with Crippen LogP contribution in [0, 0.1) is 18.3 Å². The highest BCUT2D eigenvalue weighted by atomic mass is 16.2. The molecule has 1 saturated carbocycles. The van der Waals surface area contributed by atoms with Gasteiger partial charge in [-0.15, -0.1) is 0 Å². The molecule has 4 heteroatoms. The highest BCUT2D eigenvalue weighted by Crippen LogP contribution is 2.50. The molecule has 1 amide bonds. The first-order valence-electron chi connectivity index (χ1n) is 9.60. The Bertz CT molecular complexity index is 611. The topological polar surface area (TPSA) is 36.4 Å². The van der Waals surface area contributed by atoms with E-state index in [1.807, 2.05) is 0 Å². The Morgan fingerprint density at radius 3 is 2.83 bits per heavy atom. The maximum absolute atomic E-state index is 13.0. The summed E-state index contributed by atoms with van der Waals surface area (Å²) in [7, 11) is 0. The molecule has 2 aliphatic heterocycles. The molecule has 1 spiro atoms. The summed E-state index contributed by atoms with van der Waals surface area (Å²) >= 11 is 0. The second-order valence-corrected chi connectivity index (χ2v) is 8.07. The summed E-state index contributed by atoms with van der Waals surface area (Å²) < 4.78 is 0. The molecule has 0 bridgehead atoms. The smallest absolute Gasteiger partial charge is 0.226 e. The Kier molecular flexibility index (Phi) is 4.33. The summed E-state index contributed by atoms with van der Waals surface area (Å²) in [5, 5.41) is 0. The van der Waals surface area contributed by atoms with Gasteiger partial charge in [-0.05, 0) is 63.1 Å². The van der Waals surface area contributed by atoms with Gasteiger partial charge < -0.3 is 4.90 Å². The largest absolute Gasteiger partial charge is 0.342 e. The number of likely N-dealkylation sites (tertiary alicyclic amines) is 2. The lowest BCUT2D eigenvalue weighted by Crippen LogP contribution is -2.42. The number of rotatable bonds is 3. The van der Waals surface area contributed by atoms with Gasteiger partial charge in [-0.2, -0.15) is 0 Å². The molecule has 0 radical (unpaired) electrons. The third-order valence-corrected chi connectivity index (χ3v) is 6.42. The zero-order chi connectivity index (χ0) is 16.6. The van der Waals surface area contributed by atoms with Crippen molar-refractivity contribution in [2.75, 3.05) is 26.2 Å². The first kappa shape index (κ1) is 16.1. The summed E-state index contributed by atoms with van der Waals surface area (Å²) in [4.78, 5) is 22.3. The minimum absolute atomic E-state index is 0.240. The average molecular weight is 327 g/mol. The van der Waals surface area contributed by atoms with Crippen molar-refractivity contribution < 1.29 is 4.79 Å². The van der Waals surface area contributed by atoms with Crippen LogP contribution in [-0.4, -0.2) is 46.9 Å². The predicted molar refractivity (Wildman–Crippen MR) is 94.5 cm³/mol. The number of amides is 1. The van der Waals surface area contributed by atoms with Gasteiger partial charge in [-0.1, -0.05) is 12.5 Å². The highest BCUT2D eigenvalue weighted by Gasteiger charge is 2.51. The van der Waals surface area contributed by atoms with Crippen molar-refractivity contribution in [3.8, 4) is 0 Å². The molecule has 24 heavy (non-hydrogen) atoms. The van der Waals surface area contributed by atoms with Crippen molar-refractivity contribution in [1.29, 1.82) is 0 Å². The summed E-state index contributed by atoms with van der Waals surface area (Å²) in [6.45, 7) is 7.14. The normalized spacial score (nSPS) is 30.5. The van der Waals surface area contributed by atoms with E-state index in [0.717, 1.165) is 50.5 Å². The minimum atomic E-state index is 0.240. The van der Waals surface area contributed by atoms with Crippen LogP contribution in [0.25, 0.3) is 0 Å². The van der Waals surface area contributed by atoms with Crippen LogP contribution >= 0.6 is 0 Å². The molecule has 3 aliphatic rings. The van der Waals surface area contributed by atoms with Crippen molar-refractivity contribution in [1.82, 2.24) is 14.8 Å². The quantitative estimate of drug-likeness (QED) is 0.856. The molecule has 2 saturated heterocycles. The third-order valence-electron chi connectivity index (χ3n) is 6.42. The summed E-state index contributed by atoms with van der Waals surface area (Å²) in [5.41, 5.74) is 2.49. The molecule has 0 N–H and O–H groups in total. The molecule has 2 unspecified atom stereocenters. The Hall–Kier alpha value is -1.42. The number of aryl methyl sites for hydroxylation is 1. The molecule has 1 aliphatic carbocycles. The van der Waals surface area contributed by atoms with Crippen molar-refractivity contribution in [2.45, 2.75) is 52.0 Å². The van der Waals surface area contributed by atoms with Gasteiger partial charge in [-0.25, -0.2) is 0 Å². The number of hydrogen-bond donors (Lipinski definition) is 0. The fraction of sp³-hybridized carbons (Fsp3) is 0.700. The second kappa shape index (κ2) is 6.47. The lowest BCUT2D eigenvalue weighted by Gasteiger charge is -2.33. The van der Waals surface area contributed by atoms with Crippen LogP contribution in [0.15, 0.2) is 18.2 Å². The van der Waals surface area contributed by atoms with Crippen molar-refractivity contribution in [2.24, 2.45) is 11.3 Å². The molecule has 3 fully saturated rings. The molecular weight excluding hydrogens is 298 g/mol. The van der Waals surface area contributed by atoms with E-state index in [1.54, 1.807) is 0 Å². The van der Waals surface area contributed by atoms with Gasteiger partial charge in [0.05, 0.1) is 5.69 Å². The first-order chi connectivity index (χ1) is 11.7. The number of carbonyl (C=O) groups is 1. The summed E-state index contributed by atoms with van der Waals surface area (Å²) in [5.74, 6) is 0.728. The van der Waals surface area contributed by atoms with Crippen LogP contribution in [-0.2, 0) is 11.3 Å². The van der Waals surface area contributed by atoms with Crippen LogP contribution in [0.5, 0.6) is 0 Å². The fourth-order valence-electron chi connectivity index (χ4n) is 5.21. The Balaban J connectivity index is 1.44. The second-order valence-electron chi connectivity index (χ2n) is 8.07. The van der Waals surface area contributed by atoms with E-state index in [1.165, 1.54) is 32.1 Å². The molecule has 130 valence electrons. The van der Waals surface area contributed by atoms with Crippen molar-refractivity contribution in [3.05, 3.63) is 29.6 Å². The molecular formula is C20H29N3O. The van der Waals surface area contributed by atoms with Crippen LogP contribution < -0.4 is 0 Å². The Morgan fingerprint density at radius 1 is 1.21 bits per heavy atom. The average Bonchev–Trinajstić information content (AvgIpc) is 3.30. The zero-order valence-electron chi connectivity index (χ0n) is 14.8. The minimum Gasteiger partial charge on any atom is -0.342 e. The number of carbonyl (C=O) groups excluding carboxylic acids is 1. The molecule has 2 atom stereocenters. The lowest BCUT2D eigenvalue weighted by atomic mass is 9.76. The first-order valence-corrected chi connectivity index (χ1v) is 9.60. The van der Waals surface area contributed by atoms with Crippen LogP contribution in [0.1, 0.15) is 49.9 Å². The summed E-state index contributed by atoms with van der Waals surface area (Å²) in [6, 6.07) is 6.27. The molecule has 1 aromatic rings. The van der Waals surface area contributed by atoms with Crippen molar-refractivity contribution in [3.63, 3.8) is 0 Å². The van der Waals surface area contributed by atoms with E-state index in [-0.39, 0.29) is 11.3 Å². The number of aromatic nitrogens is 1. The number of pyridine rings is 1. The van der Waals surface area contributed by atoms with Gasteiger partial charge in [0.15, 0.2) is 0 Å². The highest BCUT2D eigenvalue weighted by molar-refractivity contribution is 5.80. The third kappa shape index (κ3) is 2.97. The van der Waals surface area contributed by atoms with E-state index in [2.05, 4.69) is 39.9 Å². The maximum Gasteiger partial charge on any atom is 0.226 e. The van der Waals surface area contributed by atoms with Gasteiger partial charge in [0, 0.05) is 37.8 Å². The SMILES string of the molecule is Cc1cccc(CN2CCC3(CCCC3C(=O)N3CCCC3)C2)n1. The van der Waals surface area contributed by atoms with Gasteiger partial charge in [-0.3, -0.25) is 14.7 Å². The van der Waals surface area contributed by atoms with E-state index in [0.29, 0.717) is 5.91 Å². The molecule has 3 heterocycles. The van der Waals surface area contributed by atoms with Gasteiger partial charge in [0.25, 0.3) is 0 Å². The molecule has 4 nitrogen and oxygen atoms in total. The van der Waals surface area contributed by atoms with Gasteiger partial charge >= 0.3 is 0 Å². The van der Waals surface area contributed by atoms with E-state index in [4.69, 9.17) is 0 Å². The molecule has 1 aromatic heterocycles. The monoisotopic (exact) mass is 327 g/mol. The van der Waals surface area contributed by atoms with Crippen LogP contribution in [0.2, 0.25) is 0 Å².